The minimum absolute atomic E-state index is 0.00370. The number of rotatable bonds is 9. The zero-order valence-electron chi connectivity index (χ0n) is 16.9. The minimum atomic E-state index is -0.136. The van der Waals surface area contributed by atoms with E-state index in [1.807, 2.05) is 4.90 Å². The average molecular weight is 374 g/mol. The number of nitrogens with two attached hydrogens (primary N) is 1. The normalized spacial score (nSPS) is 16.0. The van der Waals surface area contributed by atoms with Gasteiger partial charge in [0.15, 0.2) is 0 Å². The van der Waals surface area contributed by atoms with Gasteiger partial charge in [-0.2, -0.15) is 0 Å². The van der Waals surface area contributed by atoms with Crippen LogP contribution in [0.5, 0.6) is 0 Å². The lowest BCUT2D eigenvalue weighted by Crippen LogP contribution is -2.46. The van der Waals surface area contributed by atoms with Crippen molar-refractivity contribution >= 4 is 11.8 Å². The molecule has 1 saturated carbocycles. The van der Waals surface area contributed by atoms with Crippen LogP contribution in [0.4, 0.5) is 0 Å². The molecule has 0 spiro atoms. The molecule has 2 rings (SSSR count). The van der Waals surface area contributed by atoms with E-state index < -0.39 is 0 Å². The Labute approximate surface area is 163 Å². The smallest absolute Gasteiger partial charge is 0.253 e. The van der Waals surface area contributed by atoms with E-state index in [9.17, 15) is 9.59 Å². The molecule has 3 N–H and O–H groups in total. The molecule has 1 aliphatic rings. The third-order valence-electron chi connectivity index (χ3n) is 5.44. The van der Waals surface area contributed by atoms with E-state index in [1.165, 1.54) is 19.3 Å². The van der Waals surface area contributed by atoms with Crippen molar-refractivity contribution in [3.63, 3.8) is 0 Å². The van der Waals surface area contributed by atoms with Crippen molar-refractivity contribution in [2.45, 2.75) is 64.8 Å². The van der Waals surface area contributed by atoms with Crippen LogP contribution in [0.2, 0.25) is 0 Å². The van der Waals surface area contributed by atoms with Crippen LogP contribution in [-0.2, 0) is 0 Å². The summed E-state index contributed by atoms with van der Waals surface area (Å²) in [6.07, 6.45) is 7.81. The summed E-state index contributed by atoms with van der Waals surface area (Å²) in [5, 5.41) is 3.11. The minimum Gasteiger partial charge on any atom is -0.348 e. The molecule has 0 bridgehead atoms. The molecule has 5 heteroatoms. The van der Waals surface area contributed by atoms with Gasteiger partial charge < -0.3 is 16.0 Å². The van der Waals surface area contributed by atoms with E-state index >= 15 is 0 Å². The molecular weight excluding hydrogens is 338 g/mol. The Morgan fingerprint density at radius 1 is 1.11 bits per heavy atom. The molecule has 5 nitrogen and oxygen atoms in total. The van der Waals surface area contributed by atoms with Crippen LogP contribution in [0, 0.1) is 5.92 Å². The highest BCUT2D eigenvalue weighted by Crippen LogP contribution is 2.26. The lowest BCUT2D eigenvalue weighted by atomic mass is 9.84. The second-order valence-electron chi connectivity index (χ2n) is 7.59. The van der Waals surface area contributed by atoms with Gasteiger partial charge in [-0.25, -0.2) is 0 Å². The average Bonchev–Trinajstić information content (AvgIpc) is 2.72. The van der Waals surface area contributed by atoms with Crippen molar-refractivity contribution in [3.8, 4) is 0 Å². The highest BCUT2D eigenvalue weighted by Gasteiger charge is 2.24. The molecular formula is C22H35N3O2. The third kappa shape index (κ3) is 6.06. The topological polar surface area (TPSA) is 75.4 Å². The number of carbonyl (C=O) groups excluding carboxylic acids is 2. The van der Waals surface area contributed by atoms with E-state index in [4.69, 9.17) is 5.73 Å². The van der Waals surface area contributed by atoms with Gasteiger partial charge in [-0.15, -0.1) is 0 Å². The van der Waals surface area contributed by atoms with E-state index in [0.717, 1.165) is 38.8 Å². The lowest BCUT2D eigenvalue weighted by Gasteiger charge is -2.30. The second kappa shape index (κ2) is 11.1. The Balaban J connectivity index is 2.08. The highest BCUT2D eigenvalue weighted by atomic mass is 16.2. The summed E-state index contributed by atoms with van der Waals surface area (Å²) in [6.45, 7) is 6.06. The number of carbonyl (C=O) groups is 2. The molecule has 2 amide bonds. The zero-order chi connectivity index (χ0) is 19.6. The second-order valence-corrected chi connectivity index (χ2v) is 7.59. The van der Waals surface area contributed by atoms with Crippen LogP contribution in [0.3, 0.4) is 0 Å². The predicted molar refractivity (Wildman–Crippen MR) is 110 cm³/mol. The Kier molecular flexibility index (Phi) is 8.79. The fourth-order valence-electron chi connectivity index (χ4n) is 3.99. The maximum absolute atomic E-state index is 12.8. The van der Waals surface area contributed by atoms with Gasteiger partial charge in [0.1, 0.15) is 0 Å². The molecule has 1 aliphatic carbocycles. The van der Waals surface area contributed by atoms with Gasteiger partial charge in [0.25, 0.3) is 11.8 Å². The summed E-state index contributed by atoms with van der Waals surface area (Å²) in [5.74, 6) is 0.321. The Morgan fingerprint density at radius 3 is 2.33 bits per heavy atom. The van der Waals surface area contributed by atoms with Gasteiger partial charge in [0, 0.05) is 36.8 Å². The highest BCUT2D eigenvalue weighted by molar-refractivity contribution is 5.99. The van der Waals surface area contributed by atoms with Crippen molar-refractivity contribution in [2.24, 2.45) is 11.7 Å². The maximum Gasteiger partial charge on any atom is 0.253 e. The molecule has 1 aromatic carbocycles. The molecule has 1 atom stereocenters. The van der Waals surface area contributed by atoms with Gasteiger partial charge >= 0.3 is 0 Å². The molecule has 0 heterocycles. The zero-order valence-corrected chi connectivity index (χ0v) is 16.9. The van der Waals surface area contributed by atoms with Crippen molar-refractivity contribution in [1.29, 1.82) is 0 Å². The largest absolute Gasteiger partial charge is 0.348 e. The molecule has 0 aliphatic heterocycles. The first-order valence-electron chi connectivity index (χ1n) is 10.5. The number of benzene rings is 1. The fourth-order valence-corrected chi connectivity index (χ4v) is 3.99. The summed E-state index contributed by atoms with van der Waals surface area (Å²) in [5.41, 5.74) is 7.05. The molecule has 150 valence electrons. The van der Waals surface area contributed by atoms with Crippen LogP contribution in [-0.4, -0.2) is 42.4 Å². The SMILES string of the molecule is CCCN(CCC)C(=O)c1cccc(C(=O)NC(CN)C2CCCCC2)c1. The number of nitrogens with one attached hydrogen (secondary N) is 1. The standard InChI is InChI=1S/C22H35N3O2/c1-3-13-25(14-4-2)22(27)19-12-8-11-18(15-19)21(26)24-20(16-23)17-9-6-5-7-10-17/h8,11-12,15,17,20H,3-7,9-10,13-14,16,23H2,1-2H3,(H,24,26). The van der Waals surface area contributed by atoms with Crippen LogP contribution in [0.25, 0.3) is 0 Å². The van der Waals surface area contributed by atoms with Crippen LogP contribution in [0.1, 0.15) is 79.5 Å². The quantitative estimate of drug-likeness (QED) is 0.694. The number of amides is 2. The summed E-state index contributed by atoms with van der Waals surface area (Å²) in [6, 6.07) is 7.07. The van der Waals surface area contributed by atoms with Crippen molar-refractivity contribution in [2.75, 3.05) is 19.6 Å². The number of nitrogens with zero attached hydrogens (tertiary/aromatic N) is 1. The van der Waals surface area contributed by atoms with Gasteiger partial charge in [-0.3, -0.25) is 9.59 Å². The molecule has 27 heavy (non-hydrogen) atoms. The summed E-state index contributed by atoms with van der Waals surface area (Å²) in [4.78, 5) is 27.4. The first-order chi connectivity index (χ1) is 13.1. The maximum atomic E-state index is 12.8. The van der Waals surface area contributed by atoms with E-state index in [2.05, 4.69) is 19.2 Å². The van der Waals surface area contributed by atoms with Crippen LogP contribution < -0.4 is 11.1 Å². The number of hydrogen-bond donors (Lipinski definition) is 2. The Morgan fingerprint density at radius 2 is 1.74 bits per heavy atom. The van der Waals surface area contributed by atoms with Crippen molar-refractivity contribution < 1.29 is 9.59 Å². The van der Waals surface area contributed by atoms with Gasteiger partial charge in [-0.1, -0.05) is 39.2 Å². The molecule has 1 unspecified atom stereocenters. The van der Waals surface area contributed by atoms with E-state index in [1.54, 1.807) is 24.3 Å². The predicted octanol–water partition coefficient (Wildman–Crippen LogP) is 3.59. The first-order valence-corrected chi connectivity index (χ1v) is 10.5. The molecule has 0 saturated heterocycles. The summed E-state index contributed by atoms with van der Waals surface area (Å²) >= 11 is 0. The van der Waals surface area contributed by atoms with Crippen molar-refractivity contribution in [1.82, 2.24) is 10.2 Å². The van der Waals surface area contributed by atoms with Gasteiger partial charge in [0.05, 0.1) is 0 Å². The summed E-state index contributed by atoms with van der Waals surface area (Å²) < 4.78 is 0. The summed E-state index contributed by atoms with van der Waals surface area (Å²) in [7, 11) is 0. The van der Waals surface area contributed by atoms with E-state index in [0.29, 0.717) is 23.6 Å². The Hall–Kier alpha value is -1.88. The first kappa shape index (κ1) is 21.4. The van der Waals surface area contributed by atoms with Crippen molar-refractivity contribution in [3.05, 3.63) is 35.4 Å². The number of hydrogen-bond acceptors (Lipinski definition) is 3. The van der Waals surface area contributed by atoms with Gasteiger partial charge in [0.2, 0.25) is 0 Å². The molecule has 1 aromatic rings. The lowest BCUT2D eigenvalue weighted by molar-refractivity contribution is 0.0755. The van der Waals surface area contributed by atoms with E-state index in [-0.39, 0.29) is 17.9 Å². The van der Waals surface area contributed by atoms with Gasteiger partial charge in [-0.05, 0) is 49.8 Å². The monoisotopic (exact) mass is 373 g/mol. The fraction of sp³-hybridized carbons (Fsp3) is 0.636. The third-order valence-corrected chi connectivity index (χ3v) is 5.44. The molecule has 0 radical (unpaired) electrons. The van der Waals surface area contributed by atoms with Crippen LogP contribution in [0.15, 0.2) is 24.3 Å². The molecule has 0 aromatic heterocycles. The molecule has 1 fully saturated rings. The Bertz CT molecular complexity index is 605. The van der Waals surface area contributed by atoms with Crippen LogP contribution >= 0.6 is 0 Å².